The largest absolute Gasteiger partial charge is 0.353 e. The lowest BCUT2D eigenvalue weighted by atomic mass is 9.96. The third kappa shape index (κ3) is 3.07. The van der Waals surface area contributed by atoms with Crippen LogP contribution in [0.1, 0.15) is 32.1 Å². The van der Waals surface area contributed by atoms with Gasteiger partial charge in [-0.15, -0.1) is 0 Å². The Hall–Kier alpha value is -2.10. The van der Waals surface area contributed by atoms with E-state index in [1.807, 2.05) is 30.3 Å². The van der Waals surface area contributed by atoms with E-state index in [9.17, 15) is 4.79 Å². The average Bonchev–Trinajstić information content (AvgIpc) is 2.49. The van der Waals surface area contributed by atoms with Crippen LogP contribution >= 0.6 is 0 Å². The number of rotatable bonds is 3. The minimum absolute atomic E-state index is 0.114. The predicted molar refractivity (Wildman–Crippen MR) is 80.8 cm³/mol. The Labute approximate surface area is 118 Å². The molecule has 104 valence electrons. The highest BCUT2D eigenvalue weighted by Gasteiger charge is 2.14. The Kier molecular flexibility index (Phi) is 3.81. The Morgan fingerprint density at radius 1 is 1.10 bits per heavy atom. The van der Waals surface area contributed by atoms with E-state index in [2.05, 4.69) is 15.3 Å². The Morgan fingerprint density at radius 3 is 2.60 bits per heavy atom. The topological polar surface area (TPSA) is 57.8 Å². The van der Waals surface area contributed by atoms with Gasteiger partial charge in [0.05, 0.1) is 5.69 Å². The van der Waals surface area contributed by atoms with Gasteiger partial charge in [-0.3, -0.25) is 9.78 Å². The average molecular weight is 269 g/mol. The van der Waals surface area contributed by atoms with Crippen LogP contribution in [0.2, 0.25) is 0 Å². The molecule has 0 radical (unpaired) electrons. The van der Waals surface area contributed by atoms with E-state index in [-0.39, 0.29) is 5.56 Å². The molecule has 1 aliphatic rings. The van der Waals surface area contributed by atoms with Crippen molar-refractivity contribution in [3.05, 3.63) is 46.8 Å². The normalized spacial score (nSPS) is 16.0. The van der Waals surface area contributed by atoms with Gasteiger partial charge in [0.25, 0.3) is 5.56 Å². The van der Waals surface area contributed by atoms with Crippen molar-refractivity contribution in [2.24, 2.45) is 0 Å². The predicted octanol–water partition coefficient (Wildman–Crippen LogP) is 3.18. The summed E-state index contributed by atoms with van der Waals surface area (Å²) in [7, 11) is 0. The smallest absolute Gasteiger partial charge is 0.252 e. The van der Waals surface area contributed by atoms with Crippen LogP contribution in [0, 0.1) is 0 Å². The first-order valence-corrected chi connectivity index (χ1v) is 7.24. The number of H-pyrrole nitrogens is 1. The first-order valence-electron chi connectivity index (χ1n) is 7.24. The van der Waals surface area contributed by atoms with Gasteiger partial charge in [0.15, 0.2) is 0 Å². The summed E-state index contributed by atoms with van der Waals surface area (Å²) in [5.74, 6) is 0.586. The second kappa shape index (κ2) is 5.90. The van der Waals surface area contributed by atoms with Crippen molar-refractivity contribution < 1.29 is 0 Å². The maximum Gasteiger partial charge on any atom is 0.252 e. The van der Waals surface area contributed by atoms with Gasteiger partial charge in [-0.2, -0.15) is 0 Å². The van der Waals surface area contributed by atoms with Crippen molar-refractivity contribution in [1.82, 2.24) is 9.97 Å². The number of nitrogens with zero attached hydrogens (tertiary/aromatic N) is 1. The second-order valence-corrected chi connectivity index (χ2v) is 5.32. The minimum atomic E-state index is -0.114. The fourth-order valence-electron chi connectivity index (χ4n) is 2.72. The van der Waals surface area contributed by atoms with Crippen LogP contribution in [0.25, 0.3) is 11.3 Å². The highest BCUT2D eigenvalue weighted by molar-refractivity contribution is 5.59. The van der Waals surface area contributed by atoms with Gasteiger partial charge in [-0.05, 0) is 12.8 Å². The summed E-state index contributed by atoms with van der Waals surface area (Å²) in [4.78, 5) is 19.1. The fraction of sp³-hybridized carbons (Fsp3) is 0.375. The van der Waals surface area contributed by atoms with E-state index in [4.69, 9.17) is 0 Å². The number of aromatic amines is 1. The van der Waals surface area contributed by atoms with Crippen LogP contribution in [-0.2, 0) is 0 Å². The molecule has 0 saturated heterocycles. The zero-order valence-electron chi connectivity index (χ0n) is 11.4. The van der Waals surface area contributed by atoms with Crippen molar-refractivity contribution in [3.8, 4) is 11.3 Å². The highest BCUT2D eigenvalue weighted by Crippen LogP contribution is 2.21. The molecule has 3 rings (SSSR count). The number of hydrogen-bond donors (Lipinski definition) is 2. The third-order valence-electron chi connectivity index (χ3n) is 3.76. The lowest BCUT2D eigenvalue weighted by Crippen LogP contribution is -2.25. The van der Waals surface area contributed by atoms with Gasteiger partial charge in [-0.25, -0.2) is 4.98 Å². The molecule has 1 aliphatic carbocycles. The van der Waals surface area contributed by atoms with Crippen molar-refractivity contribution in [2.45, 2.75) is 38.1 Å². The first-order chi connectivity index (χ1) is 9.81. The first kappa shape index (κ1) is 12.9. The summed E-state index contributed by atoms with van der Waals surface area (Å²) >= 11 is 0. The lowest BCUT2D eigenvalue weighted by Gasteiger charge is -2.23. The maximum absolute atomic E-state index is 11.8. The summed E-state index contributed by atoms with van der Waals surface area (Å²) in [5.41, 5.74) is 1.56. The molecular weight excluding hydrogens is 250 g/mol. The summed E-state index contributed by atoms with van der Waals surface area (Å²) in [6.45, 7) is 0. The van der Waals surface area contributed by atoms with Crippen LogP contribution in [0.15, 0.2) is 41.2 Å². The van der Waals surface area contributed by atoms with Gasteiger partial charge in [0, 0.05) is 17.7 Å². The van der Waals surface area contributed by atoms with Crippen LogP contribution < -0.4 is 10.9 Å². The molecular formula is C16H19N3O. The number of benzene rings is 1. The SMILES string of the molecule is O=c1cc(-c2ccccc2)nc(NC2CCCCC2)[nH]1. The van der Waals surface area contributed by atoms with E-state index in [0.717, 1.165) is 18.4 Å². The quantitative estimate of drug-likeness (QED) is 0.899. The van der Waals surface area contributed by atoms with Crippen LogP contribution in [0.5, 0.6) is 0 Å². The lowest BCUT2D eigenvalue weighted by molar-refractivity contribution is 0.461. The van der Waals surface area contributed by atoms with Gasteiger partial charge >= 0.3 is 0 Å². The van der Waals surface area contributed by atoms with Gasteiger partial charge in [-0.1, -0.05) is 49.6 Å². The van der Waals surface area contributed by atoms with E-state index >= 15 is 0 Å². The number of aromatic nitrogens is 2. The molecule has 1 aromatic heterocycles. The van der Waals surface area contributed by atoms with Crippen LogP contribution in [-0.4, -0.2) is 16.0 Å². The van der Waals surface area contributed by atoms with Crippen molar-refractivity contribution >= 4 is 5.95 Å². The fourth-order valence-corrected chi connectivity index (χ4v) is 2.72. The zero-order valence-corrected chi connectivity index (χ0v) is 11.4. The summed E-state index contributed by atoms with van der Waals surface area (Å²) in [5, 5.41) is 3.37. The van der Waals surface area contributed by atoms with Crippen molar-refractivity contribution in [1.29, 1.82) is 0 Å². The molecule has 0 spiro atoms. The molecule has 1 heterocycles. The Bertz CT molecular complexity index is 615. The van der Waals surface area contributed by atoms with E-state index in [1.165, 1.54) is 19.3 Å². The molecule has 1 saturated carbocycles. The summed E-state index contributed by atoms with van der Waals surface area (Å²) in [6, 6.07) is 11.8. The molecule has 4 heteroatoms. The molecule has 0 bridgehead atoms. The van der Waals surface area contributed by atoms with Crippen molar-refractivity contribution in [3.63, 3.8) is 0 Å². The molecule has 2 aromatic rings. The van der Waals surface area contributed by atoms with E-state index < -0.39 is 0 Å². The van der Waals surface area contributed by atoms with Gasteiger partial charge in [0.2, 0.25) is 5.95 Å². The monoisotopic (exact) mass is 269 g/mol. The molecule has 0 atom stereocenters. The molecule has 1 aromatic carbocycles. The van der Waals surface area contributed by atoms with Crippen molar-refractivity contribution in [2.75, 3.05) is 5.32 Å². The number of anilines is 1. The Balaban J connectivity index is 1.85. The summed E-state index contributed by atoms with van der Waals surface area (Å²) in [6.07, 6.45) is 6.12. The molecule has 2 N–H and O–H groups in total. The molecule has 20 heavy (non-hydrogen) atoms. The van der Waals surface area contributed by atoms with E-state index in [0.29, 0.717) is 17.7 Å². The van der Waals surface area contributed by atoms with Gasteiger partial charge < -0.3 is 5.32 Å². The molecule has 4 nitrogen and oxygen atoms in total. The molecule has 0 unspecified atom stereocenters. The van der Waals surface area contributed by atoms with Gasteiger partial charge in [0.1, 0.15) is 0 Å². The number of hydrogen-bond acceptors (Lipinski definition) is 3. The number of nitrogens with one attached hydrogen (secondary N) is 2. The van der Waals surface area contributed by atoms with Crippen LogP contribution in [0.3, 0.4) is 0 Å². The Morgan fingerprint density at radius 2 is 1.85 bits per heavy atom. The molecule has 0 aliphatic heterocycles. The maximum atomic E-state index is 11.8. The standard InChI is InChI=1S/C16H19N3O/c20-15-11-14(12-7-3-1-4-8-12)18-16(19-15)17-13-9-5-2-6-10-13/h1,3-4,7-8,11,13H,2,5-6,9-10H2,(H2,17,18,19,20). The molecule has 0 amide bonds. The molecule has 1 fully saturated rings. The minimum Gasteiger partial charge on any atom is -0.353 e. The second-order valence-electron chi connectivity index (χ2n) is 5.32. The van der Waals surface area contributed by atoms with E-state index in [1.54, 1.807) is 6.07 Å². The third-order valence-corrected chi connectivity index (χ3v) is 3.76. The summed E-state index contributed by atoms with van der Waals surface area (Å²) < 4.78 is 0. The van der Waals surface area contributed by atoms with Crippen LogP contribution in [0.4, 0.5) is 5.95 Å². The zero-order chi connectivity index (χ0) is 13.8. The highest BCUT2D eigenvalue weighted by atomic mass is 16.1.